The number of hydrogen-bond donors (Lipinski definition) is 0. The third-order valence-electron chi connectivity index (χ3n) is 10.5. The van der Waals surface area contributed by atoms with Crippen molar-refractivity contribution in [2.75, 3.05) is 27.1 Å². The van der Waals surface area contributed by atoms with E-state index in [0.29, 0.717) is 19.8 Å². The molecule has 8 heteroatoms. The molecule has 4 rings (SSSR count). The van der Waals surface area contributed by atoms with Crippen LogP contribution in [0.5, 0.6) is 0 Å². The van der Waals surface area contributed by atoms with Crippen LogP contribution in [0.3, 0.4) is 0 Å². The summed E-state index contributed by atoms with van der Waals surface area (Å²) in [6.07, 6.45) is 6.33. The first kappa shape index (κ1) is 36.6. The first-order valence-corrected chi connectivity index (χ1v) is 18.3. The Morgan fingerprint density at radius 2 is 1.79 bits per heavy atom. The minimum atomic E-state index is -1.89. The third-order valence-corrected chi connectivity index (χ3v) is 15.0. The molecular weight excluding hydrogens is 572 g/mol. The van der Waals surface area contributed by atoms with E-state index >= 15 is 0 Å². The molecule has 230 valence electrons. The zero-order valence-electron chi connectivity index (χ0n) is 27.8. The number of allylic oxidation sites excluding steroid dienone is 2. The summed E-state index contributed by atoms with van der Waals surface area (Å²) in [5.74, 6) is 0.0786. The van der Waals surface area contributed by atoms with E-state index in [1.165, 1.54) is 5.57 Å². The van der Waals surface area contributed by atoms with Gasteiger partial charge in [-0.2, -0.15) is 0 Å². The second-order valence-corrected chi connectivity index (χ2v) is 19.2. The molecule has 3 aliphatic rings. The minimum Gasteiger partial charge on any atom is -0.874 e. The summed E-state index contributed by atoms with van der Waals surface area (Å²) >= 11 is 0. The summed E-state index contributed by atoms with van der Waals surface area (Å²) in [5.41, 5.74) is 1.79. The van der Waals surface area contributed by atoms with Crippen LogP contribution in [-0.4, -0.2) is 53.2 Å². The van der Waals surface area contributed by atoms with Crippen molar-refractivity contribution in [1.29, 1.82) is 0 Å². The molecule has 0 aromatic heterocycles. The van der Waals surface area contributed by atoms with Gasteiger partial charge in [-0.3, -0.25) is 0 Å². The van der Waals surface area contributed by atoms with Gasteiger partial charge in [-0.15, -0.1) is 5.76 Å². The molecular formula is C34H53KO6Si. The van der Waals surface area contributed by atoms with Crippen LogP contribution < -0.4 is 56.5 Å². The van der Waals surface area contributed by atoms with Gasteiger partial charge in [0.25, 0.3) is 0 Å². The molecule has 0 unspecified atom stereocenters. The van der Waals surface area contributed by atoms with Crippen molar-refractivity contribution in [3.05, 3.63) is 59.4 Å². The van der Waals surface area contributed by atoms with Crippen LogP contribution in [0.2, 0.25) is 18.1 Å². The van der Waals surface area contributed by atoms with Gasteiger partial charge in [0, 0.05) is 19.6 Å². The molecule has 2 aliphatic carbocycles. The Balaban J connectivity index is 0.00000484. The topological polar surface area (TPSA) is 69.2 Å². The summed E-state index contributed by atoms with van der Waals surface area (Å²) < 4.78 is 31.1. The van der Waals surface area contributed by atoms with Gasteiger partial charge in [-0.1, -0.05) is 89.6 Å². The van der Waals surface area contributed by atoms with Gasteiger partial charge in [0.2, 0.25) is 0 Å². The van der Waals surface area contributed by atoms with Crippen LogP contribution in [0, 0.1) is 23.2 Å². The van der Waals surface area contributed by atoms with Gasteiger partial charge in [-0.25, -0.2) is 0 Å². The van der Waals surface area contributed by atoms with Crippen LogP contribution in [0.1, 0.15) is 66.4 Å². The van der Waals surface area contributed by atoms with E-state index in [1.54, 1.807) is 7.11 Å². The molecule has 1 aromatic carbocycles. The first-order chi connectivity index (χ1) is 19.2. The molecule has 1 saturated carbocycles. The van der Waals surface area contributed by atoms with E-state index in [4.69, 9.17) is 23.4 Å². The standard InChI is InChI=1S/C34H54O6Si.K/c1-24-19-29(35)31(38-23-36-7)27-16-15-26(33(27,5)6)20-28(24)34(39-21-25-13-11-10-12-14-25)22-37-30(34)17-18-40-41(8,9)32(2,3)4;/h10-14,19-20,24,27-28,30-31,35H,15-18,21-23H2,1-9H3;/q;+1/p-1/b26-20+,29-19+;/t24-,27+,28-,30+,31+,34+;/m0./s1. The summed E-state index contributed by atoms with van der Waals surface area (Å²) in [7, 11) is -0.290. The Morgan fingerprint density at radius 3 is 2.38 bits per heavy atom. The van der Waals surface area contributed by atoms with Crippen LogP contribution >= 0.6 is 0 Å². The number of rotatable bonds is 11. The Bertz CT molecular complexity index is 1080. The summed E-state index contributed by atoms with van der Waals surface area (Å²) in [6.45, 7) is 19.8. The summed E-state index contributed by atoms with van der Waals surface area (Å²) in [4.78, 5) is 0. The molecule has 6 nitrogen and oxygen atoms in total. The number of benzene rings is 1. The molecule has 0 N–H and O–H groups in total. The maximum atomic E-state index is 13.8. The number of hydrogen-bond acceptors (Lipinski definition) is 6. The summed E-state index contributed by atoms with van der Waals surface area (Å²) in [6, 6.07) is 10.3. The van der Waals surface area contributed by atoms with E-state index in [1.807, 2.05) is 24.3 Å². The molecule has 42 heavy (non-hydrogen) atoms. The Labute approximate surface area is 298 Å². The van der Waals surface area contributed by atoms with E-state index in [9.17, 15) is 5.11 Å². The second kappa shape index (κ2) is 14.7. The fourth-order valence-corrected chi connectivity index (χ4v) is 7.74. The van der Waals surface area contributed by atoms with Gasteiger partial charge >= 0.3 is 51.4 Å². The van der Waals surface area contributed by atoms with Crippen molar-refractivity contribution >= 4 is 8.32 Å². The predicted octanol–water partition coefficient (Wildman–Crippen LogP) is 3.62. The van der Waals surface area contributed by atoms with Crippen molar-refractivity contribution in [3.8, 4) is 0 Å². The van der Waals surface area contributed by atoms with Crippen molar-refractivity contribution < 1.29 is 79.9 Å². The Kier molecular flexibility index (Phi) is 12.8. The average molecular weight is 625 g/mol. The van der Waals surface area contributed by atoms with Gasteiger partial charge in [0.05, 0.1) is 25.4 Å². The third kappa shape index (κ3) is 7.74. The normalized spacial score (nSPS) is 33.6. The largest absolute Gasteiger partial charge is 1.00 e. The van der Waals surface area contributed by atoms with Crippen molar-refractivity contribution in [2.24, 2.45) is 23.2 Å². The predicted molar refractivity (Wildman–Crippen MR) is 164 cm³/mol. The monoisotopic (exact) mass is 624 g/mol. The van der Waals surface area contributed by atoms with E-state index in [2.05, 4.69) is 72.8 Å². The maximum absolute atomic E-state index is 13.8. The molecule has 0 amide bonds. The molecule has 6 atom stereocenters. The molecule has 0 radical (unpaired) electrons. The Hall–Kier alpha value is 0.153. The second-order valence-electron chi connectivity index (χ2n) is 14.4. The number of ether oxygens (including phenoxy) is 4. The SMILES string of the molecule is COCO[C@H]1/C([O-])=C\[C@H](C)[C@@H]([C@]2(OCc3ccccc3)CO[C@@H]2CCO[Si](C)(C)C(C)(C)C)/C=C2\CC[C@H]1C2(C)C.[K+]. The summed E-state index contributed by atoms with van der Waals surface area (Å²) in [5, 5.41) is 13.9. The molecule has 1 saturated heterocycles. The van der Waals surface area contributed by atoms with E-state index in [-0.39, 0.29) is 98.2 Å². The maximum Gasteiger partial charge on any atom is 1.00 e. The van der Waals surface area contributed by atoms with E-state index in [0.717, 1.165) is 24.8 Å². The van der Waals surface area contributed by atoms with Crippen LogP contribution in [-0.2, 0) is 30.0 Å². The van der Waals surface area contributed by atoms with Crippen LogP contribution in [0.4, 0.5) is 0 Å². The van der Waals surface area contributed by atoms with Crippen molar-refractivity contribution in [1.82, 2.24) is 0 Å². The molecule has 1 aromatic rings. The van der Waals surface area contributed by atoms with Crippen molar-refractivity contribution in [2.45, 2.75) is 103 Å². The number of methoxy groups -OCH3 is 1. The smallest absolute Gasteiger partial charge is 0.874 e. The van der Waals surface area contributed by atoms with Gasteiger partial charge < -0.3 is 28.5 Å². The zero-order chi connectivity index (χ0) is 30.1. The van der Waals surface area contributed by atoms with Crippen LogP contribution in [0.25, 0.3) is 0 Å². The Morgan fingerprint density at radius 1 is 1.10 bits per heavy atom. The fourth-order valence-electron chi connectivity index (χ4n) is 6.67. The van der Waals surface area contributed by atoms with Gasteiger partial charge in [0.15, 0.2) is 8.32 Å². The molecule has 2 bridgehead atoms. The fraction of sp³-hybridized carbons (Fsp3) is 0.706. The molecule has 1 heterocycles. The van der Waals surface area contributed by atoms with Gasteiger partial charge in [0.1, 0.15) is 12.4 Å². The molecule has 1 aliphatic heterocycles. The van der Waals surface area contributed by atoms with E-state index < -0.39 is 20.0 Å². The van der Waals surface area contributed by atoms with Crippen LogP contribution in [0.15, 0.2) is 53.8 Å². The number of fused-ring (bicyclic) bond motifs is 2. The molecule has 0 spiro atoms. The van der Waals surface area contributed by atoms with Gasteiger partial charge in [-0.05, 0) is 60.2 Å². The first-order valence-electron chi connectivity index (χ1n) is 15.4. The van der Waals surface area contributed by atoms with Crippen molar-refractivity contribution in [3.63, 3.8) is 0 Å². The minimum absolute atomic E-state index is 0. The quantitative estimate of drug-likeness (QED) is 0.213. The average Bonchev–Trinajstić information content (AvgIpc) is 3.19. The molecule has 2 fully saturated rings. The zero-order valence-corrected chi connectivity index (χ0v) is 32.0.